The van der Waals surface area contributed by atoms with Crippen LogP contribution >= 0.6 is 11.6 Å². The van der Waals surface area contributed by atoms with Crippen LogP contribution in [0.5, 0.6) is 0 Å². The maximum absolute atomic E-state index is 12.4. The predicted molar refractivity (Wildman–Crippen MR) is 89.2 cm³/mol. The van der Waals surface area contributed by atoms with Crippen LogP contribution in [0.4, 0.5) is 0 Å². The topological polar surface area (TPSA) is 52.6 Å². The number of carbonyl (C=O) groups is 1. The Morgan fingerprint density at radius 2 is 2.00 bits per heavy atom. The summed E-state index contributed by atoms with van der Waals surface area (Å²) in [5.74, 6) is 0.572. The molecule has 0 aromatic heterocycles. The molecule has 0 saturated carbocycles. The quantitative estimate of drug-likeness (QED) is 0.845. The van der Waals surface area contributed by atoms with Gasteiger partial charge in [0.05, 0.1) is 0 Å². The molecule has 0 aliphatic carbocycles. The van der Waals surface area contributed by atoms with Crippen molar-refractivity contribution in [1.29, 1.82) is 0 Å². The number of halogens is 1. The molecule has 1 unspecified atom stereocenters. The van der Waals surface area contributed by atoms with Gasteiger partial charge in [-0.05, 0) is 56.0 Å². The van der Waals surface area contributed by atoms with Crippen LogP contribution in [-0.2, 0) is 0 Å². The van der Waals surface area contributed by atoms with Gasteiger partial charge in [0.1, 0.15) is 0 Å². The summed E-state index contributed by atoms with van der Waals surface area (Å²) >= 11 is 5.86. The zero-order valence-electron chi connectivity index (χ0n) is 13.1. The van der Waals surface area contributed by atoms with Crippen LogP contribution in [0, 0.1) is 5.92 Å². The van der Waals surface area contributed by atoms with E-state index in [1.165, 1.54) is 0 Å². The summed E-state index contributed by atoms with van der Waals surface area (Å²) < 4.78 is 0. The summed E-state index contributed by atoms with van der Waals surface area (Å²) in [4.78, 5) is 14.3. The minimum Gasteiger partial charge on any atom is -0.396 e. The van der Waals surface area contributed by atoms with Crippen LogP contribution in [0.3, 0.4) is 0 Å². The smallest absolute Gasteiger partial charge is 0.253 e. The van der Waals surface area contributed by atoms with Gasteiger partial charge in [0, 0.05) is 36.3 Å². The monoisotopic (exact) mass is 324 g/mol. The Morgan fingerprint density at radius 1 is 1.36 bits per heavy atom. The molecule has 1 saturated heterocycles. The van der Waals surface area contributed by atoms with Crippen molar-refractivity contribution >= 4 is 17.5 Å². The highest BCUT2D eigenvalue weighted by Crippen LogP contribution is 2.16. The maximum atomic E-state index is 12.4. The highest BCUT2D eigenvalue weighted by molar-refractivity contribution is 6.30. The van der Waals surface area contributed by atoms with Gasteiger partial charge in [0.15, 0.2) is 0 Å². The lowest BCUT2D eigenvalue weighted by Crippen LogP contribution is -2.45. The normalized spacial score (nSPS) is 17.5. The number of hydrogen-bond acceptors (Lipinski definition) is 3. The molecule has 1 heterocycles. The predicted octanol–water partition coefficient (Wildman–Crippen LogP) is 2.55. The summed E-state index contributed by atoms with van der Waals surface area (Å²) in [6.07, 6.45) is 2.79. The molecule has 22 heavy (non-hydrogen) atoms. The van der Waals surface area contributed by atoms with E-state index in [0.29, 0.717) is 22.5 Å². The second-order valence-electron chi connectivity index (χ2n) is 6.10. The number of aliphatic hydroxyl groups excluding tert-OH is 1. The Labute approximate surface area is 137 Å². The molecule has 122 valence electrons. The maximum Gasteiger partial charge on any atom is 0.253 e. The Hall–Kier alpha value is -1.10. The molecule has 2 rings (SSSR count). The Morgan fingerprint density at radius 3 is 2.59 bits per heavy atom. The van der Waals surface area contributed by atoms with Gasteiger partial charge in [0.25, 0.3) is 5.91 Å². The largest absolute Gasteiger partial charge is 0.396 e. The molecule has 1 amide bonds. The molecule has 1 aromatic carbocycles. The minimum atomic E-state index is 0.0868. The minimum absolute atomic E-state index is 0.0868. The summed E-state index contributed by atoms with van der Waals surface area (Å²) in [7, 11) is 0. The lowest BCUT2D eigenvalue weighted by atomic mass is 10.0. The van der Waals surface area contributed by atoms with Gasteiger partial charge in [0.2, 0.25) is 0 Å². The molecule has 2 N–H and O–H groups in total. The first-order chi connectivity index (χ1) is 10.6. The molecular weight excluding hydrogens is 300 g/mol. The van der Waals surface area contributed by atoms with E-state index < -0.39 is 0 Å². The van der Waals surface area contributed by atoms with Gasteiger partial charge in [-0.25, -0.2) is 0 Å². The van der Waals surface area contributed by atoms with Gasteiger partial charge in [-0.1, -0.05) is 18.5 Å². The summed E-state index contributed by atoms with van der Waals surface area (Å²) in [5.41, 5.74) is 0.701. The highest BCUT2D eigenvalue weighted by Gasteiger charge is 2.23. The first kappa shape index (κ1) is 17.3. The number of rotatable bonds is 6. The van der Waals surface area contributed by atoms with Crippen molar-refractivity contribution in [3.63, 3.8) is 0 Å². The van der Waals surface area contributed by atoms with Crippen molar-refractivity contribution in [3.05, 3.63) is 34.9 Å². The average molecular weight is 325 g/mol. The van der Waals surface area contributed by atoms with Gasteiger partial charge >= 0.3 is 0 Å². The Bertz CT molecular complexity index is 470. The second kappa shape index (κ2) is 8.51. The van der Waals surface area contributed by atoms with Crippen LogP contribution in [0.2, 0.25) is 5.02 Å². The first-order valence-electron chi connectivity index (χ1n) is 7.99. The van der Waals surface area contributed by atoms with Gasteiger partial charge in [-0.3, -0.25) is 4.79 Å². The zero-order chi connectivity index (χ0) is 15.9. The standard InChI is InChI=1S/C17H25ClN2O2/c1-13(8-11-21)12-19-16-6-9-20(10-7-16)17(22)14-2-4-15(18)5-3-14/h2-5,13,16,19,21H,6-12H2,1H3. The molecule has 0 spiro atoms. The number of hydrogen-bond donors (Lipinski definition) is 2. The van der Waals surface area contributed by atoms with E-state index in [2.05, 4.69) is 12.2 Å². The summed E-state index contributed by atoms with van der Waals surface area (Å²) in [6, 6.07) is 7.55. The van der Waals surface area contributed by atoms with E-state index >= 15 is 0 Å². The van der Waals surface area contributed by atoms with Crippen LogP contribution in [0.15, 0.2) is 24.3 Å². The number of aliphatic hydroxyl groups is 1. The van der Waals surface area contributed by atoms with Crippen molar-refractivity contribution < 1.29 is 9.90 Å². The summed E-state index contributed by atoms with van der Waals surface area (Å²) in [6.45, 7) is 4.89. The fraction of sp³-hybridized carbons (Fsp3) is 0.588. The molecular formula is C17H25ClN2O2. The van der Waals surface area contributed by atoms with Crippen molar-refractivity contribution in [2.24, 2.45) is 5.92 Å². The number of likely N-dealkylation sites (tertiary alicyclic amines) is 1. The third-order valence-electron chi connectivity index (χ3n) is 4.25. The fourth-order valence-electron chi connectivity index (χ4n) is 2.75. The summed E-state index contributed by atoms with van der Waals surface area (Å²) in [5, 5.41) is 13.1. The number of nitrogens with one attached hydrogen (secondary N) is 1. The first-order valence-corrected chi connectivity index (χ1v) is 8.37. The number of amides is 1. The Balaban J connectivity index is 1.77. The molecule has 0 radical (unpaired) electrons. The number of piperidine rings is 1. The highest BCUT2D eigenvalue weighted by atomic mass is 35.5. The number of carbonyl (C=O) groups excluding carboxylic acids is 1. The molecule has 5 heteroatoms. The molecule has 1 fully saturated rings. The van der Waals surface area contributed by atoms with Crippen LogP contribution < -0.4 is 5.32 Å². The average Bonchev–Trinajstić information content (AvgIpc) is 2.54. The molecule has 4 nitrogen and oxygen atoms in total. The molecule has 1 aliphatic heterocycles. The SMILES string of the molecule is CC(CCO)CNC1CCN(C(=O)c2ccc(Cl)cc2)CC1. The van der Waals surface area contributed by atoms with E-state index in [4.69, 9.17) is 16.7 Å². The molecule has 1 atom stereocenters. The fourth-order valence-corrected chi connectivity index (χ4v) is 2.88. The van der Waals surface area contributed by atoms with E-state index in [1.807, 2.05) is 4.90 Å². The van der Waals surface area contributed by atoms with E-state index in [0.717, 1.165) is 38.9 Å². The van der Waals surface area contributed by atoms with Crippen LogP contribution in [-0.4, -0.2) is 48.2 Å². The molecule has 1 aromatic rings. The van der Waals surface area contributed by atoms with Gasteiger partial charge in [-0.15, -0.1) is 0 Å². The lowest BCUT2D eigenvalue weighted by Gasteiger charge is -2.33. The Kier molecular flexibility index (Phi) is 6.68. The number of nitrogens with zero attached hydrogens (tertiary/aromatic N) is 1. The van der Waals surface area contributed by atoms with Gasteiger partial charge < -0.3 is 15.3 Å². The van der Waals surface area contributed by atoms with Crippen molar-refractivity contribution in [2.75, 3.05) is 26.2 Å². The lowest BCUT2D eigenvalue weighted by molar-refractivity contribution is 0.0703. The van der Waals surface area contributed by atoms with Crippen molar-refractivity contribution in [2.45, 2.75) is 32.2 Å². The van der Waals surface area contributed by atoms with E-state index in [1.54, 1.807) is 24.3 Å². The third kappa shape index (κ3) is 4.97. The van der Waals surface area contributed by atoms with Gasteiger partial charge in [-0.2, -0.15) is 0 Å². The van der Waals surface area contributed by atoms with Crippen LogP contribution in [0.25, 0.3) is 0 Å². The second-order valence-corrected chi connectivity index (χ2v) is 6.54. The van der Waals surface area contributed by atoms with Crippen LogP contribution in [0.1, 0.15) is 36.5 Å². The zero-order valence-corrected chi connectivity index (χ0v) is 13.9. The van der Waals surface area contributed by atoms with E-state index in [9.17, 15) is 4.79 Å². The van der Waals surface area contributed by atoms with E-state index in [-0.39, 0.29) is 12.5 Å². The third-order valence-corrected chi connectivity index (χ3v) is 4.50. The number of benzene rings is 1. The molecule has 1 aliphatic rings. The van der Waals surface area contributed by atoms with Crippen molar-refractivity contribution in [3.8, 4) is 0 Å². The van der Waals surface area contributed by atoms with Crippen molar-refractivity contribution in [1.82, 2.24) is 10.2 Å². The molecule has 0 bridgehead atoms.